The predicted octanol–water partition coefficient (Wildman–Crippen LogP) is 3.17. The van der Waals surface area contributed by atoms with Gasteiger partial charge in [0.2, 0.25) is 0 Å². The fourth-order valence-corrected chi connectivity index (χ4v) is 3.82. The molecule has 0 atom stereocenters. The van der Waals surface area contributed by atoms with E-state index in [0.717, 1.165) is 48.6 Å². The van der Waals surface area contributed by atoms with Crippen molar-refractivity contribution < 1.29 is 4.42 Å². The van der Waals surface area contributed by atoms with Gasteiger partial charge in [0.1, 0.15) is 11.2 Å². The summed E-state index contributed by atoms with van der Waals surface area (Å²) in [6.07, 6.45) is 1.89. The number of imidazole rings is 1. The zero-order valence-electron chi connectivity index (χ0n) is 16.1. The van der Waals surface area contributed by atoms with Crippen molar-refractivity contribution >= 4 is 22.3 Å². The van der Waals surface area contributed by atoms with Gasteiger partial charge in [0.05, 0.1) is 11.3 Å². The molecule has 0 unspecified atom stereocenters. The summed E-state index contributed by atoms with van der Waals surface area (Å²) in [7, 11) is 2.14. The molecule has 0 bridgehead atoms. The second-order valence-electron chi connectivity index (χ2n) is 7.48. The molecule has 0 radical (unpaired) electrons. The van der Waals surface area contributed by atoms with Crippen LogP contribution in [0.3, 0.4) is 0 Å². The van der Waals surface area contributed by atoms with Gasteiger partial charge in [-0.2, -0.15) is 0 Å². The zero-order chi connectivity index (χ0) is 19.3. The Morgan fingerprint density at radius 1 is 1.04 bits per heavy atom. The summed E-state index contributed by atoms with van der Waals surface area (Å²) >= 11 is 0. The number of pyridine rings is 1. The number of aromatic nitrogens is 2. The SMILES string of the molecule is Cc1cccc2nc(-c3cc4ccc(N5CCN(C)CC5)cc4oc3=O)cn12. The van der Waals surface area contributed by atoms with E-state index in [1.165, 1.54) is 0 Å². The third-order valence-corrected chi connectivity index (χ3v) is 5.56. The van der Waals surface area contributed by atoms with Crippen LogP contribution in [-0.4, -0.2) is 47.5 Å². The topological polar surface area (TPSA) is 54.0 Å². The van der Waals surface area contributed by atoms with Crippen molar-refractivity contribution in [3.05, 3.63) is 64.8 Å². The molecule has 142 valence electrons. The van der Waals surface area contributed by atoms with E-state index in [1.54, 1.807) is 0 Å². The molecule has 1 aliphatic rings. The van der Waals surface area contributed by atoms with Crippen LogP contribution in [0.5, 0.6) is 0 Å². The molecule has 1 fully saturated rings. The molecule has 1 saturated heterocycles. The van der Waals surface area contributed by atoms with Crippen LogP contribution in [0.2, 0.25) is 0 Å². The lowest BCUT2D eigenvalue weighted by Gasteiger charge is -2.34. The number of aryl methyl sites for hydroxylation is 1. The second-order valence-corrected chi connectivity index (χ2v) is 7.48. The van der Waals surface area contributed by atoms with Gasteiger partial charge in [0.25, 0.3) is 0 Å². The Morgan fingerprint density at radius 2 is 1.86 bits per heavy atom. The average Bonchev–Trinajstić information content (AvgIpc) is 3.13. The minimum atomic E-state index is -0.357. The van der Waals surface area contributed by atoms with E-state index in [-0.39, 0.29) is 5.63 Å². The molecule has 4 aromatic rings. The lowest BCUT2D eigenvalue weighted by atomic mass is 10.1. The van der Waals surface area contributed by atoms with Gasteiger partial charge < -0.3 is 18.6 Å². The van der Waals surface area contributed by atoms with Crippen LogP contribution in [0.1, 0.15) is 5.69 Å². The minimum Gasteiger partial charge on any atom is -0.422 e. The molecule has 3 aromatic heterocycles. The monoisotopic (exact) mass is 374 g/mol. The highest BCUT2D eigenvalue weighted by Crippen LogP contribution is 2.26. The zero-order valence-corrected chi connectivity index (χ0v) is 16.1. The summed E-state index contributed by atoms with van der Waals surface area (Å²) in [4.78, 5) is 21.9. The van der Waals surface area contributed by atoms with Crippen LogP contribution in [0.4, 0.5) is 5.69 Å². The van der Waals surface area contributed by atoms with E-state index in [1.807, 2.05) is 53.9 Å². The van der Waals surface area contributed by atoms with E-state index >= 15 is 0 Å². The molecule has 1 aliphatic heterocycles. The maximum absolute atomic E-state index is 12.7. The van der Waals surface area contributed by atoms with Gasteiger partial charge in [0, 0.05) is 55.2 Å². The Morgan fingerprint density at radius 3 is 2.64 bits per heavy atom. The van der Waals surface area contributed by atoms with Crippen LogP contribution < -0.4 is 10.5 Å². The van der Waals surface area contributed by atoms with Gasteiger partial charge in [-0.25, -0.2) is 9.78 Å². The van der Waals surface area contributed by atoms with Crippen LogP contribution >= 0.6 is 0 Å². The van der Waals surface area contributed by atoms with Gasteiger partial charge in [0.15, 0.2) is 0 Å². The van der Waals surface area contributed by atoms with Crippen molar-refractivity contribution in [1.29, 1.82) is 0 Å². The molecule has 0 amide bonds. The number of anilines is 1. The van der Waals surface area contributed by atoms with Crippen molar-refractivity contribution in [1.82, 2.24) is 14.3 Å². The number of rotatable bonds is 2. The normalized spacial score (nSPS) is 15.6. The maximum atomic E-state index is 12.7. The number of likely N-dealkylation sites (N-methyl/N-ethyl adjacent to an activating group) is 1. The number of nitrogens with zero attached hydrogens (tertiary/aromatic N) is 4. The van der Waals surface area contributed by atoms with Gasteiger partial charge in [-0.15, -0.1) is 0 Å². The molecule has 28 heavy (non-hydrogen) atoms. The van der Waals surface area contributed by atoms with Gasteiger partial charge in [-0.3, -0.25) is 0 Å². The molecular weight excluding hydrogens is 352 g/mol. The summed E-state index contributed by atoms with van der Waals surface area (Å²) in [6.45, 7) is 6.04. The molecule has 6 nitrogen and oxygen atoms in total. The summed E-state index contributed by atoms with van der Waals surface area (Å²) < 4.78 is 7.67. The fourth-order valence-electron chi connectivity index (χ4n) is 3.82. The molecule has 4 heterocycles. The Balaban J connectivity index is 1.56. The number of piperazine rings is 1. The Hall–Kier alpha value is -3.12. The molecule has 0 aliphatic carbocycles. The van der Waals surface area contributed by atoms with E-state index < -0.39 is 0 Å². The van der Waals surface area contributed by atoms with Crippen molar-refractivity contribution in [3.8, 4) is 11.3 Å². The molecule has 0 saturated carbocycles. The van der Waals surface area contributed by atoms with E-state index in [2.05, 4.69) is 27.9 Å². The smallest absolute Gasteiger partial charge is 0.345 e. The van der Waals surface area contributed by atoms with E-state index in [0.29, 0.717) is 16.8 Å². The summed E-state index contributed by atoms with van der Waals surface area (Å²) in [6, 6.07) is 13.9. The van der Waals surface area contributed by atoms with Crippen molar-refractivity contribution in [2.75, 3.05) is 38.1 Å². The lowest BCUT2D eigenvalue weighted by molar-refractivity contribution is 0.313. The second kappa shape index (κ2) is 6.49. The highest BCUT2D eigenvalue weighted by atomic mass is 16.4. The first-order valence-corrected chi connectivity index (χ1v) is 9.55. The Labute approximate surface area is 162 Å². The number of fused-ring (bicyclic) bond motifs is 2. The molecule has 6 heteroatoms. The maximum Gasteiger partial charge on any atom is 0.345 e. The van der Waals surface area contributed by atoms with Gasteiger partial charge >= 0.3 is 5.63 Å². The molecule has 5 rings (SSSR count). The third kappa shape index (κ3) is 2.86. The standard InChI is InChI=1S/C22H22N4O2/c1-15-4-3-5-21-23-19(14-26(15)21)18-12-16-6-7-17(13-20(16)28-22(18)27)25-10-8-24(2)9-11-25/h3-7,12-14H,8-11H2,1-2H3. The van der Waals surface area contributed by atoms with Crippen molar-refractivity contribution in [2.45, 2.75) is 6.92 Å². The highest BCUT2D eigenvalue weighted by molar-refractivity contribution is 5.84. The van der Waals surface area contributed by atoms with Gasteiger partial charge in [-0.1, -0.05) is 6.07 Å². The first-order chi connectivity index (χ1) is 13.6. The Bertz CT molecular complexity index is 1230. The van der Waals surface area contributed by atoms with Crippen molar-refractivity contribution in [2.24, 2.45) is 0 Å². The number of benzene rings is 1. The van der Waals surface area contributed by atoms with E-state index in [4.69, 9.17) is 4.42 Å². The number of hydrogen-bond acceptors (Lipinski definition) is 5. The van der Waals surface area contributed by atoms with Crippen LogP contribution in [0.15, 0.2) is 57.9 Å². The van der Waals surface area contributed by atoms with E-state index in [9.17, 15) is 4.79 Å². The molecule has 0 N–H and O–H groups in total. The summed E-state index contributed by atoms with van der Waals surface area (Å²) in [5.41, 5.74) is 4.36. The first-order valence-electron chi connectivity index (χ1n) is 9.55. The first kappa shape index (κ1) is 17.0. The van der Waals surface area contributed by atoms with Crippen LogP contribution in [0, 0.1) is 6.92 Å². The molecule has 0 spiro atoms. The van der Waals surface area contributed by atoms with Crippen LogP contribution in [0.25, 0.3) is 27.9 Å². The third-order valence-electron chi connectivity index (χ3n) is 5.56. The molecule has 1 aromatic carbocycles. The largest absolute Gasteiger partial charge is 0.422 e. The summed E-state index contributed by atoms with van der Waals surface area (Å²) in [5.74, 6) is 0. The fraction of sp³-hybridized carbons (Fsp3) is 0.273. The predicted molar refractivity (Wildman–Crippen MR) is 111 cm³/mol. The quantitative estimate of drug-likeness (QED) is 0.505. The lowest BCUT2D eigenvalue weighted by Crippen LogP contribution is -2.44. The van der Waals surface area contributed by atoms with Crippen LogP contribution in [-0.2, 0) is 0 Å². The minimum absolute atomic E-state index is 0.357. The number of hydrogen-bond donors (Lipinski definition) is 0. The molecular formula is C22H22N4O2. The average molecular weight is 374 g/mol. The van der Waals surface area contributed by atoms with Crippen molar-refractivity contribution in [3.63, 3.8) is 0 Å². The summed E-state index contributed by atoms with van der Waals surface area (Å²) in [5, 5.41) is 0.904. The van der Waals surface area contributed by atoms with Gasteiger partial charge in [-0.05, 0) is 44.3 Å². The highest BCUT2D eigenvalue weighted by Gasteiger charge is 2.16. The Kier molecular flexibility index (Phi) is 3.94.